The van der Waals surface area contributed by atoms with Gasteiger partial charge in [0, 0.05) is 12.1 Å². The first kappa shape index (κ1) is 13.9. The monoisotopic (exact) mass is 192 g/mol. The molecule has 2 N–H and O–H groups in total. The van der Waals surface area contributed by atoms with Crippen molar-refractivity contribution in [1.29, 1.82) is 0 Å². The Morgan fingerprint density at radius 3 is 2.14 bits per heavy atom. The summed E-state index contributed by atoms with van der Waals surface area (Å²) in [5.74, 6) is 0. The summed E-state index contributed by atoms with van der Waals surface area (Å²) < 4.78 is 0. The zero-order valence-corrected chi connectivity index (χ0v) is 10.1. The summed E-state index contributed by atoms with van der Waals surface area (Å²) in [7, 11) is 0. The van der Waals surface area contributed by atoms with Crippen LogP contribution in [0.1, 0.15) is 42.0 Å². The fourth-order valence-electron chi connectivity index (χ4n) is 1.88. The molecule has 1 heterocycles. The molecular weight excluding hydrogens is 171 g/mol. The van der Waals surface area contributed by atoms with E-state index in [0.717, 1.165) is 19.4 Å². The summed E-state index contributed by atoms with van der Waals surface area (Å²) in [5.41, 5.74) is 5.50. The number of hydrogen-bond donors (Lipinski definition) is 1. The maximum atomic E-state index is 11.2. The van der Waals surface area contributed by atoms with Gasteiger partial charge in [-0.3, -0.25) is 0 Å². The van der Waals surface area contributed by atoms with Crippen LogP contribution >= 0.6 is 0 Å². The van der Waals surface area contributed by atoms with Crippen molar-refractivity contribution in [2.24, 2.45) is 11.1 Å². The maximum absolute atomic E-state index is 11.2. The Morgan fingerprint density at radius 2 is 1.79 bits per heavy atom. The molecule has 0 aromatic heterocycles. The van der Waals surface area contributed by atoms with Crippen molar-refractivity contribution in [1.82, 2.24) is 4.90 Å². The van der Waals surface area contributed by atoms with Gasteiger partial charge in [0.1, 0.15) is 0 Å². The second-order valence-corrected chi connectivity index (χ2v) is 5.40. The molecule has 0 unspecified atom stereocenters. The van der Waals surface area contributed by atoms with E-state index in [1.54, 1.807) is 4.90 Å². The normalized spacial score (nSPS) is 23.9. The molecule has 1 fully saturated rings. The van der Waals surface area contributed by atoms with Gasteiger partial charge in [0.25, 0.3) is 0 Å². The number of nitrogens with zero attached hydrogens (tertiary/aromatic N) is 1. The number of hydrogen-bond acceptors (Lipinski definition) is 1. The van der Waals surface area contributed by atoms with Gasteiger partial charge in [0.2, 0.25) is 0 Å². The minimum absolute atomic E-state index is 0. The van der Waals surface area contributed by atoms with E-state index in [-0.39, 0.29) is 37.3 Å². The van der Waals surface area contributed by atoms with Gasteiger partial charge in [-0.25, -0.2) is 4.79 Å². The van der Waals surface area contributed by atoms with Crippen molar-refractivity contribution in [3.8, 4) is 0 Å². The topological polar surface area (TPSA) is 46.3 Å². The van der Waals surface area contributed by atoms with Gasteiger partial charge in [0.05, 0.1) is 0 Å². The minimum atomic E-state index is -0.294. The average molecular weight is 192 g/mol. The summed E-state index contributed by atoms with van der Waals surface area (Å²) in [6.45, 7) is 9.28. The van der Waals surface area contributed by atoms with E-state index in [1.807, 2.05) is 0 Å². The third-order valence-electron chi connectivity index (χ3n) is 3.00. The molecule has 14 heavy (non-hydrogen) atoms. The van der Waals surface area contributed by atoms with Crippen molar-refractivity contribution in [2.45, 2.75) is 46.1 Å². The number of piperidine rings is 1. The summed E-state index contributed by atoms with van der Waals surface area (Å²) in [6, 6.07) is -0.294. The molecule has 0 bridgehead atoms. The molecule has 1 aliphatic heterocycles. The van der Waals surface area contributed by atoms with E-state index >= 15 is 0 Å². The molecule has 0 aromatic carbocycles. The van der Waals surface area contributed by atoms with Crippen molar-refractivity contribution in [2.75, 3.05) is 6.54 Å². The van der Waals surface area contributed by atoms with Crippen LogP contribution < -0.4 is 24.6 Å². The molecule has 4 heteroatoms. The largest absolute Gasteiger partial charge is 1.00 e. The molecule has 0 aromatic rings. The van der Waals surface area contributed by atoms with Crippen LogP contribution in [0.4, 0.5) is 4.79 Å². The Balaban J connectivity index is 0. The predicted molar refractivity (Wildman–Crippen MR) is 54.5 cm³/mol. The molecule has 1 saturated heterocycles. The molecule has 2 amide bonds. The Morgan fingerprint density at radius 1 is 1.29 bits per heavy atom. The van der Waals surface area contributed by atoms with Gasteiger partial charge in [-0.15, -0.1) is 0 Å². The van der Waals surface area contributed by atoms with E-state index in [4.69, 9.17) is 5.73 Å². The van der Waals surface area contributed by atoms with Crippen LogP contribution in [0.5, 0.6) is 0 Å². The number of urea groups is 1. The summed E-state index contributed by atoms with van der Waals surface area (Å²) in [6.07, 6.45) is 2.19. The predicted octanol–water partition coefficient (Wildman–Crippen LogP) is -0.918. The summed E-state index contributed by atoms with van der Waals surface area (Å²) in [4.78, 5) is 13.0. The van der Waals surface area contributed by atoms with Crippen LogP contribution in [-0.2, 0) is 0 Å². The van der Waals surface area contributed by atoms with Gasteiger partial charge >= 0.3 is 24.9 Å². The smallest absolute Gasteiger partial charge is 1.00 e. The third kappa shape index (κ3) is 2.93. The molecule has 1 rings (SSSR count). The van der Waals surface area contributed by atoms with E-state index in [2.05, 4.69) is 27.7 Å². The zero-order valence-electron chi connectivity index (χ0n) is 11.1. The molecule has 0 spiro atoms. The summed E-state index contributed by atoms with van der Waals surface area (Å²) in [5, 5.41) is 0. The van der Waals surface area contributed by atoms with Crippen molar-refractivity contribution < 1.29 is 25.1 Å². The van der Waals surface area contributed by atoms with Crippen LogP contribution in [0.3, 0.4) is 0 Å². The first-order valence-electron chi connectivity index (χ1n) is 4.82. The van der Waals surface area contributed by atoms with E-state index in [0.29, 0.717) is 0 Å². The molecule has 3 nitrogen and oxygen atoms in total. The number of nitrogens with two attached hydrogens (primary N) is 1. The average Bonchev–Trinajstić information content (AvgIpc) is 1.95. The molecule has 0 saturated carbocycles. The number of primary amides is 1. The van der Waals surface area contributed by atoms with Crippen molar-refractivity contribution in [3.05, 3.63) is 0 Å². The van der Waals surface area contributed by atoms with Gasteiger partial charge < -0.3 is 12.1 Å². The SMILES string of the molecule is CC1(C)CCC(C)(C)N(C(N)=O)C1.[H-].[Li+]. The number of likely N-dealkylation sites (tertiary alicyclic amines) is 1. The Kier molecular flexibility index (Phi) is 4.12. The first-order chi connectivity index (χ1) is 5.75. The molecule has 0 radical (unpaired) electrons. The maximum Gasteiger partial charge on any atom is 1.00 e. The second-order valence-electron chi connectivity index (χ2n) is 5.40. The van der Waals surface area contributed by atoms with E-state index in [9.17, 15) is 4.79 Å². The van der Waals surface area contributed by atoms with Crippen LogP contribution in [0.2, 0.25) is 0 Å². The van der Waals surface area contributed by atoms with Crippen LogP contribution in [-0.4, -0.2) is 23.0 Å². The fraction of sp³-hybridized carbons (Fsp3) is 0.900. The number of amides is 2. The first-order valence-corrected chi connectivity index (χ1v) is 4.82. The van der Waals surface area contributed by atoms with E-state index < -0.39 is 0 Å². The molecule has 0 aliphatic carbocycles. The Hall–Kier alpha value is -0.133. The third-order valence-corrected chi connectivity index (χ3v) is 3.00. The molecular formula is C10H21LiN2O. The van der Waals surface area contributed by atoms with Gasteiger partial charge in [-0.1, -0.05) is 13.8 Å². The zero-order chi connectivity index (χ0) is 10.3. The molecule has 1 aliphatic rings. The number of carbonyl (C=O) groups is 1. The van der Waals surface area contributed by atoms with Gasteiger partial charge in [0.15, 0.2) is 0 Å². The minimum Gasteiger partial charge on any atom is -1.00 e. The number of rotatable bonds is 0. The van der Waals surface area contributed by atoms with Gasteiger partial charge in [-0.2, -0.15) is 0 Å². The van der Waals surface area contributed by atoms with Crippen LogP contribution in [0, 0.1) is 5.41 Å². The standard InChI is InChI=1S/C10H20N2O.Li.H/c1-9(2)5-6-10(3,4)12(7-9)8(11)13;;/h5-7H2,1-4H3,(H2,11,13);;/q;+1;-1. The Labute approximate surface area is 100 Å². The van der Waals surface area contributed by atoms with Crippen LogP contribution in [0.25, 0.3) is 0 Å². The van der Waals surface area contributed by atoms with Crippen molar-refractivity contribution >= 4 is 6.03 Å². The number of carbonyl (C=O) groups excluding carboxylic acids is 1. The quantitative estimate of drug-likeness (QED) is 0.496. The van der Waals surface area contributed by atoms with Crippen molar-refractivity contribution in [3.63, 3.8) is 0 Å². The molecule has 78 valence electrons. The molecule has 0 atom stereocenters. The van der Waals surface area contributed by atoms with Gasteiger partial charge in [-0.05, 0) is 32.1 Å². The van der Waals surface area contributed by atoms with Crippen LogP contribution in [0.15, 0.2) is 0 Å². The Bertz CT molecular complexity index is 231. The second kappa shape index (κ2) is 4.16. The fourth-order valence-corrected chi connectivity index (χ4v) is 1.88. The van der Waals surface area contributed by atoms with E-state index in [1.165, 1.54) is 0 Å². The summed E-state index contributed by atoms with van der Waals surface area (Å²) >= 11 is 0.